The Labute approximate surface area is 127 Å². The van der Waals surface area contributed by atoms with Gasteiger partial charge >= 0.3 is 51.4 Å². The molecular weight excluding hydrogens is 268 g/mol. The molecule has 0 amide bonds. The minimum atomic E-state index is -3.72. The van der Waals surface area contributed by atoms with Gasteiger partial charge in [-0.3, -0.25) is 0 Å². The van der Waals surface area contributed by atoms with E-state index >= 15 is 0 Å². The van der Waals surface area contributed by atoms with Gasteiger partial charge in [0.25, 0.3) is 0 Å². The van der Waals surface area contributed by atoms with Crippen LogP contribution in [0.25, 0.3) is 0 Å². The van der Waals surface area contributed by atoms with E-state index in [1.54, 1.807) is 0 Å². The fourth-order valence-corrected chi connectivity index (χ4v) is 3.23. The molecule has 1 rings (SSSR count). The summed E-state index contributed by atoms with van der Waals surface area (Å²) in [5.74, 6) is 0. The summed E-state index contributed by atoms with van der Waals surface area (Å²) in [5.41, 5.74) is 0. The zero-order valence-corrected chi connectivity index (χ0v) is 12.3. The molecule has 0 aliphatic carbocycles. The molecule has 0 aliphatic heterocycles. The van der Waals surface area contributed by atoms with Crippen molar-refractivity contribution >= 4 is 44.6 Å². The predicted octanol–water partition coefficient (Wildman–Crippen LogP) is -1.29. The molecule has 0 aromatic carbocycles. The van der Waals surface area contributed by atoms with E-state index < -0.39 is 10.0 Å². The Bertz CT molecular complexity index is 374. The van der Waals surface area contributed by atoms with Gasteiger partial charge in [-0.2, -0.15) is 0 Å². The molecule has 0 spiro atoms. The van der Waals surface area contributed by atoms with Crippen molar-refractivity contribution in [1.82, 2.24) is 0 Å². The molecule has 12 heavy (non-hydrogen) atoms. The van der Waals surface area contributed by atoms with Gasteiger partial charge in [-0.1, -0.05) is 23.2 Å². The summed E-state index contributed by atoms with van der Waals surface area (Å²) < 4.78 is 21.8. The van der Waals surface area contributed by atoms with Crippen LogP contribution in [-0.4, -0.2) is 8.42 Å². The minimum Gasteiger partial charge on any atom is -0.225 e. The third-order valence-electron chi connectivity index (χ3n) is 0.932. The Balaban J connectivity index is 0.00000121. The third kappa shape index (κ3) is 3.53. The van der Waals surface area contributed by atoms with Crippen molar-refractivity contribution in [3.8, 4) is 0 Å². The van der Waals surface area contributed by atoms with Gasteiger partial charge in [-0.25, -0.2) is 13.6 Å². The SMILES string of the molecule is NS(=O)(=O)c1cc(Cl)sc1Cl.[K+]. The second-order valence-electron chi connectivity index (χ2n) is 1.73. The van der Waals surface area contributed by atoms with E-state index in [4.69, 9.17) is 28.3 Å². The second-order valence-corrected chi connectivity index (χ2v) is 5.55. The smallest absolute Gasteiger partial charge is 0.225 e. The van der Waals surface area contributed by atoms with Crippen LogP contribution in [-0.2, 0) is 10.0 Å². The molecule has 8 heteroatoms. The maximum atomic E-state index is 10.7. The van der Waals surface area contributed by atoms with Crippen LogP contribution < -0.4 is 56.5 Å². The molecule has 0 saturated heterocycles. The van der Waals surface area contributed by atoms with Crippen LogP contribution in [0.5, 0.6) is 0 Å². The summed E-state index contributed by atoms with van der Waals surface area (Å²) in [4.78, 5) is -0.117. The summed E-state index contributed by atoms with van der Waals surface area (Å²) in [7, 11) is -3.72. The monoisotopic (exact) mass is 270 g/mol. The van der Waals surface area contributed by atoms with Crippen LogP contribution >= 0.6 is 34.5 Å². The van der Waals surface area contributed by atoms with E-state index in [0.29, 0.717) is 4.34 Å². The van der Waals surface area contributed by atoms with Gasteiger partial charge in [-0.05, 0) is 6.07 Å². The van der Waals surface area contributed by atoms with Crippen molar-refractivity contribution in [2.75, 3.05) is 0 Å². The zero-order chi connectivity index (χ0) is 8.65. The molecule has 1 heterocycles. The molecule has 0 aliphatic rings. The largest absolute Gasteiger partial charge is 1.00 e. The molecule has 1 aromatic heterocycles. The first-order valence-electron chi connectivity index (χ1n) is 2.39. The number of halogens is 2. The van der Waals surface area contributed by atoms with E-state index in [1.807, 2.05) is 0 Å². The molecule has 0 atom stereocenters. The Kier molecular flexibility index (Phi) is 5.83. The first-order valence-corrected chi connectivity index (χ1v) is 5.51. The van der Waals surface area contributed by atoms with E-state index in [2.05, 4.69) is 0 Å². The van der Waals surface area contributed by atoms with E-state index in [-0.39, 0.29) is 60.6 Å². The Hall–Kier alpha value is 1.83. The Morgan fingerprint density at radius 3 is 2.08 bits per heavy atom. The Morgan fingerprint density at radius 2 is 1.92 bits per heavy atom. The van der Waals surface area contributed by atoms with Gasteiger partial charge in [0.15, 0.2) is 0 Å². The van der Waals surface area contributed by atoms with Gasteiger partial charge in [0, 0.05) is 0 Å². The fraction of sp³-hybridized carbons (Fsp3) is 0. The molecule has 0 fully saturated rings. The van der Waals surface area contributed by atoms with Gasteiger partial charge < -0.3 is 0 Å². The van der Waals surface area contributed by atoms with Crippen LogP contribution in [0.1, 0.15) is 0 Å². The number of sulfonamides is 1. The average molecular weight is 271 g/mol. The molecule has 0 saturated carbocycles. The maximum absolute atomic E-state index is 10.7. The van der Waals surface area contributed by atoms with Gasteiger partial charge in [0.2, 0.25) is 10.0 Å². The summed E-state index contributed by atoms with van der Waals surface area (Å²) in [5, 5.41) is 4.81. The topological polar surface area (TPSA) is 60.2 Å². The molecule has 62 valence electrons. The van der Waals surface area contributed by atoms with Crippen LogP contribution in [0.15, 0.2) is 11.0 Å². The van der Waals surface area contributed by atoms with Crippen LogP contribution in [0, 0.1) is 0 Å². The summed E-state index contributed by atoms with van der Waals surface area (Å²) in [6.45, 7) is 0. The fourth-order valence-electron chi connectivity index (χ4n) is 0.519. The second kappa shape index (κ2) is 5.06. The number of primary sulfonamides is 1. The summed E-state index contributed by atoms with van der Waals surface area (Å²) in [6.07, 6.45) is 0. The first kappa shape index (κ1) is 13.8. The molecule has 0 radical (unpaired) electrons. The van der Waals surface area contributed by atoms with Crippen LogP contribution in [0.2, 0.25) is 8.67 Å². The predicted molar refractivity (Wildman–Crippen MR) is 45.7 cm³/mol. The van der Waals surface area contributed by atoms with E-state index in [9.17, 15) is 8.42 Å². The van der Waals surface area contributed by atoms with Crippen molar-refractivity contribution < 1.29 is 59.8 Å². The number of thiophene rings is 1. The van der Waals surface area contributed by atoms with Gasteiger partial charge in [0.1, 0.15) is 9.23 Å². The quantitative estimate of drug-likeness (QED) is 0.646. The molecule has 2 N–H and O–H groups in total. The third-order valence-corrected chi connectivity index (χ3v) is 3.60. The first-order chi connectivity index (χ1) is 4.91. The summed E-state index contributed by atoms with van der Waals surface area (Å²) in [6, 6.07) is 1.23. The Morgan fingerprint density at radius 1 is 1.42 bits per heavy atom. The molecule has 0 unspecified atom stereocenters. The molecule has 3 nitrogen and oxygen atoms in total. The van der Waals surface area contributed by atoms with Crippen molar-refractivity contribution in [2.45, 2.75) is 4.90 Å². The number of hydrogen-bond acceptors (Lipinski definition) is 3. The van der Waals surface area contributed by atoms with Crippen LogP contribution in [0.4, 0.5) is 0 Å². The number of rotatable bonds is 1. The maximum Gasteiger partial charge on any atom is 1.00 e. The van der Waals surface area contributed by atoms with Gasteiger partial charge in [0.05, 0.1) is 4.34 Å². The molecular formula is C4H3Cl2KNO2S2+. The number of nitrogens with two attached hydrogens (primary N) is 1. The minimum absolute atomic E-state index is 0. The van der Waals surface area contributed by atoms with E-state index in [0.717, 1.165) is 11.3 Å². The molecule has 1 aromatic rings. The summed E-state index contributed by atoms with van der Waals surface area (Å²) >= 11 is 12.0. The van der Waals surface area contributed by atoms with E-state index in [1.165, 1.54) is 6.07 Å². The average Bonchev–Trinajstić information content (AvgIpc) is 2.08. The van der Waals surface area contributed by atoms with Crippen molar-refractivity contribution in [1.29, 1.82) is 0 Å². The number of hydrogen-bond donors (Lipinski definition) is 1. The van der Waals surface area contributed by atoms with Crippen molar-refractivity contribution in [2.24, 2.45) is 5.14 Å². The van der Waals surface area contributed by atoms with Crippen molar-refractivity contribution in [3.05, 3.63) is 14.7 Å². The van der Waals surface area contributed by atoms with Crippen molar-refractivity contribution in [3.63, 3.8) is 0 Å². The normalized spacial score (nSPS) is 10.9. The van der Waals surface area contributed by atoms with Gasteiger partial charge in [-0.15, -0.1) is 11.3 Å². The zero-order valence-electron chi connectivity index (χ0n) is 6.04. The van der Waals surface area contributed by atoms with Crippen LogP contribution in [0.3, 0.4) is 0 Å². The molecule has 0 bridgehead atoms. The standard InChI is InChI=1S/C4H3Cl2NO2S2.K/c5-3-1-2(4(6)10-3)11(7,8)9;/h1H,(H2,7,8,9);/q;+1.